The molecule has 4 nitrogen and oxygen atoms in total. The zero-order chi connectivity index (χ0) is 19.8. The first-order chi connectivity index (χ1) is 11.3. The lowest BCUT2D eigenvalue weighted by Gasteiger charge is -2.40. The third-order valence-corrected chi connectivity index (χ3v) is 10.3. The van der Waals surface area contributed by atoms with Gasteiger partial charge in [0.25, 0.3) is 0 Å². The minimum Gasteiger partial charge on any atom is -0.469 e. The highest BCUT2D eigenvalue weighted by atomic mass is 28.4. The molecule has 0 aliphatic heterocycles. The Morgan fingerprint density at radius 2 is 1.64 bits per heavy atom. The summed E-state index contributed by atoms with van der Waals surface area (Å²) in [6, 6.07) is 0.950. The molecule has 25 heavy (non-hydrogen) atoms. The van der Waals surface area contributed by atoms with Gasteiger partial charge in [0, 0.05) is 25.1 Å². The van der Waals surface area contributed by atoms with Crippen LogP contribution in [0.2, 0.25) is 18.1 Å². The van der Waals surface area contributed by atoms with E-state index in [4.69, 9.17) is 9.16 Å². The van der Waals surface area contributed by atoms with Gasteiger partial charge in [-0.2, -0.15) is 0 Å². The van der Waals surface area contributed by atoms with E-state index >= 15 is 0 Å². The second-order valence-electron chi connectivity index (χ2n) is 9.15. The molecule has 0 heterocycles. The molecule has 0 aromatic heterocycles. The molecule has 0 saturated carbocycles. The minimum atomic E-state index is -1.69. The number of hydrogen-bond donors (Lipinski definition) is 0. The molecule has 0 spiro atoms. The molecular weight excluding hydrogens is 330 g/mol. The summed E-state index contributed by atoms with van der Waals surface area (Å²) in [6.07, 6.45) is 2.42. The van der Waals surface area contributed by atoms with Gasteiger partial charge in [0.1, 0.15) is 0 Å². The summed E-state index contributed by atoms with van der Waals surface area (Å²) in [5.41, 5.74) is 0. The van der Waals surface area contributed by atoms with E-state index in [2.05, 4.69) is 66.5 Å². The molecule has 0 N–H and O–H groups in total. The summed E-state index contributed by atoms with van der Waals surface area (Å²) >= 11 is 0. The largest absolute Gasteiger partial charge is 0.469 e. The number of carbonyl (C=O) groups excluding carboxylic acids is 1. The Hall–Kier alpha value is -0.393. The van der Waals surface area contributed by atoms with Crippen LogP contribution < -0.4 is 0 Å². The predicted octanol–water partition coefficient (Wildman–Crippen LogP) is 5.09. The Labute approximate surface area is 157 Å². The van der Waals surface area contributed by atoms with E-state index < -0.39 is 8.32 Å². The highest BCUT2D eigenvalue weighted by molar-refractivity contribution is 6.74. The maximum Gasteiger partial charge on any atom is 0.305 e. The second kappa shape index (κ2) is 10.7. The van der Waals surface area contributed by atoms with Crippen molar-refractivity contribution in [3.63, 3.8) is 0 Å². The molecule has 0 aliphatic rings. The van der Waals surface area contributed by atoms with Crippen LogP contribution in [0.1, 0.15) is 67.7 Å². The molecule has 150 valence electrons. The van der Waals surface area contributed by atoms with E-state index in [1.807, 2.05) is 0 Å². The molecular formula is C20H43NO3Si. The number of methoxy groups -OCH3 is 1. The zero-order valence-electron chi connectivity index (χ0n) is 18.4. The van der Waals surface area contributed by atoms with Crippen LogP contribution in [0.3, 0.4) is 0 Å². The number of nitrogens with zero attached hydrogens (tertiary/aromatic N) is 1. The van der Waals surface area contributed by atoms with Gasteiger partial charge in [-0.15, -0.1) is 0 Å². The number of carbonyl (C=O) groups is 1. The van der Waals surface area contributed by atoms with E-state index in [-0.39, 0.29) is 11.0 Å². The molecule has 5 heteroatoms. The van der Waals surface area contributed by atoms with Crippen LogP contribution in [0.25, 0.3) is 0 Å². The van der Waals surface area contributed by atoms with Crippen LogP contribution in [0, 0.1) is 5.92 Å². The summed E-state index contributed by atoms with van der Waals surface area (Å²) in [7, 11) is -0.240. The van der Waals surface area contributed by atoms with Crippen molar-refractivity contribution in [3.05, 3.63) is 0 Å². The quantitative estimate of drug-likeness (QED) is 0.287. The first kappa shape index (κ1) is 24.6. The average Bonchev–Trinajstić information content (AvgIpc) is 2.50. The fourth-order valence-corrected chi connectivity index (χ4v) is 3.73. The lowest BCUT2D eigenvalue weighted by molar-refractivity contribution is -0.140. The molecule has 2 atom stereocenters. The van der Waals surface area contributed by atoms with Gasteiger partial charge in [0.2, 0.25) is 0 Å². The van der Waals surface area contributed by atoms with Crippen molar-refractivity contribution in [1.82, 2.24) is 4.90 Å². The highest BCUT2D eigenvalue weighted by Crippen LogP contribution is 2.37. The molecule has 0 aliphatic carbocycles. The van der Waals surface area contributed by atoms with Crippen LogP contribution >= 0.6 is 0 Å². The first-order valence-corrected chi connectivity index (χ1v) is 12.7. The van der Waals surface area contributed by atoms with E-state index in [1.54, 1.807) is 0 Å². The number of rotatable bonds is 11. The van der Waals surface area contributed by atoms with Crippen molar-refractivity contribution < 1.29 is 14.0 Å². The lowest BCUT2D eigenvalue weighted by atomic mass is 10.0. The molecule has 0 saturated heterocycles. The molecule has 0 radical (unpaired) electrons. The van der Waals surface area contributed by atoms with Crippen molar-refractivity contribution in [2.24, 2.45) is 5.92 Å². The normalized spacial score (nSPS) is 15.5. The van der Waals surface area contributed by atoms with Crippen molar-refractivity contribution in [2.45, 2.75) is 97.9 Å². The van der Waals surface area contributed by atoms with Crippen LogP contribution in [-0.2, 0) is 14.0 Å². The van der Waals surface area contributed by atoms with E-state index in [0.29, 0.717) is 24.4 Å². The molecule has 0 aromatic carbocycles. The van der Waals surface area contributed by atoms with E-state index in [1.165, 1.54) is 7.11 Å². The lowest BCUT2D eigenvalue weighted by Crippen LogP contribution is -2.47. The van der Waals surface area contributed by atoms with Crippen molar-refractivity contribution >= 4 is 14.3 Å². The van der Waals surface area contributed by atoms with Gasteiger partial charge < -0.3 is 9.16 Å². The van der Waals surface area contributed by atoms with Gasteiger partial charge in [0.15, 0.2) is 8.32 Å². The second-order valence-corrected chi connectivity index (χ2v) is 14.0. The van der Waals surface area contributed by atoms with E-state index in [0.717, 1.165) is 26.0 Å². The Balaban J connectivity index is 4.56. The molecule has 0 bridgehead atoms. The fraction of sp³-hybridized carbons (Fsp3) is 0.950. The third-order valence-electron chi connectivity index (χ3n) is 5.80. The van der Waals surface area contributed by atoms with Crippen LogP contribution in [-0.4, -0.2) is 51.5 Å². The van der Waals surface area contributed by atoms with Gasteiger partial charge >= 0.3 is 5.97 Å². The summed E-state index contributed by atoms with van der Waals surface area (Å²) in [6.45, 7) is 22.4. The van der Waals surface area contributed by atoms with Gasteiger partial charge in [-0.05, 0) is 64.2 Å². The minimum absolute atomic E-state index is 0.111. The summed E-state index contributed by atoms with van der Waals surface area (Å²) in [5, 5.41) is 0.252. The van der Waals surface area contributed by atoms with Gasteiger partial charge in [-0.1, -0.05) is 27.7 Å². The fourth-order valence-electron chi connectivity index (χ4n) is 2.62. The van der Waals surface area contributed by atoms with Crippen LogP contribution in [0.15, 0.2) is 0 Å². The zero-order valence-corrected chi connectivity index (χ0v) is 19.4. The summed E-state index contributed by atoms with van der Waals surface area (Å²) in [4.78, 5) is 13.8. The predicted molar refractivity (Wildman–Crippen MR) is 109 cm³/mol. The van der Waals surface area contributed by atoms with Crippen molar-refractivity contribution in [3.8, 4) is 0 Å². The molecule has 0 fully saturated rings. The van der Waals surface area contributed by atoms with Crippen LogP contribution in [0.5, 0.6) is 0 Å². The average molecular weight is 374 g/mol. The monoisotopic (exact) mass is 373 g/mol. The molecule has 2 unspecified atom stereocenters. The van der Waals surface area contributed by atoms with Gasteiger partial charge in [-0.3, -0.25) is 9.69 Å². The third kappa shape index (κ3) is 8.69. The smallest absolute Gasteiger partial charge is 0.305 e. The Morgan fingerprint density at radius 3 is 2.08 bits per heavy atom. The SMILES string of the molecule is COC(=O)CCCCN(C(C)C)C(C)C(C)CO[Si](C)(C)C(C)(C)C. The summed E-state index contributed by atoms with van der Waals surface area (Å²) in [5.74, 6) is 0.373. The Kier molecular flexibility index (Phi) is 10.5. The number of hydrogen-bond acceptors (Lipinski definition) is 4. The van der Waals surface area contributed by atoms with Crippen molar-refractivity contribution in [2.75, 3.05) is 20.3 Å². The maximum atomic E-state index is 11.2. The van der Waals surface area contributed by atoms with Gasteiger partial charge in [-0.25, -0.2) is 0 Å². The van der Waals surface area contributed by atoms with Gasteiger partial charge in [0.05, 0.1) is 7.11 Å². The Bertz CT molecular complexity index is 391. The standard InChI is InChI=1S/C20H43NO3Si/c1-16(2)21(14-12-11-13-19(22)23-8)18(4)17(3)15-24-25(9,10)20(5,6)7/h16-18H,11-15H2,1-10H3. The number of ether oxygens (including phenoxy) is 1. The highest BCUT2D eigenvalue weighted by Gasteiger charge is 2.37. The van der Waals surface area contributed by atoms with Crippen LogP contribution in [0.4, 0.5) is 0 Å². The number of esters is 1. The van der Waals surface area contributed by atoms with Crippen molar-refractivity contribution in [1.29, 1.82) is 0 Å². The van der Waals surface area contributed by atoms with E-state index in [9.17, 15) is 4.79 Å². The molecule has 0 aromatic rings. The summed E-state index contributed by atoms with van der Waals surface area (Å²) < 4.78 is 11.1. The maximum absolute atomic E-state index is 11.2. The number of unbranched alkanes of at least 4 members (excludes halogenated alkanes) is 1. The first-order valence-electron chi connectivity index (χ1n) is 9.80. The molecule has 0 amide bonds. The topological polar surface area (TPSA) is 38.8 Å². The molecule has 0 rings (SSSR count). The Morgan fingerprint density at radius 1 is 1.08 bits per heavy atom.